The summed E-state index contributed by atoms with van der Waals surface area (Å²) in [7, 11) is 0. The molecule has 0 saturated carbocycles. The van der Waals surface area contributed by atoms with Crippen LogP contribution in [0.2, 0.25) is 5.02 Å². The topological polar surface area (TPSA) is 83.8 Å². The Hall–Kier alpha value is -2.01. The number of anilines is 1. The monoisotopic (exact) mass is 264 g/mol. The van der Waals surface area contributed by atoms with E-state index in [9.17, 15) is 4.79 Å². The zero-order valence-electron chi connectivity index (χ0n) is 9.83. The van der Waals surface area contributed by atoms with Crippen molar-refractivity contribution in [3.8, 4) is 0 Å². The van der Waals surface area contributed by atoms with Crippen molar-refractivity contribution in [2.75, 3.05) is 5.73 Å². The van der Waals surface area contributed by atoms with Gasteiger partial charge in [-0.3, -0.25) is 9.89 Å². The van der Waals surface area contributed by atoms with Crippen molar-refractivity contribution in [3.05, 3.63) is 46.2 Å². The van der Waals surface area contributed by atoms with Gasteiger partial charge in [0.05, 0.1) is 16.9 Å². The summed E-state index contributed by atoms with van der Waals surface area (Å²) in [6.45, 7) is 2.32. The van der Waals surface area contributed by atoms with E-state index in [1.54, 1.807) is 24.4 Å². The summed E-state index contributed by atoms with van der Waals surface area (Å²) in [6.07, 6.45) is 1.69. The number of nitrogens with two attached hydrogens (primary N) is 1. The second kappa shape index (κ2) is 5.10. The molecule has 0 aliphatic rings. The number of H-pyrrole nitrogens is 1. The van der Waals surface area contributed by atoms with E-state index >= 15 is 0 Å². The van der Waals surface area contributed by atoms with E-state index in [1.807, 2.05) is 6.92 Å². The molecule has 2 rings (SSSR count). The molecule has 94 valence electrons. The molecule has 5 nitrogen and oxygen atoms in total. The van der Waals surface area contributed by atoms with Gasteiger partial charge in [0.15, 0.2) is 0 Å². The van der Waals surface area contributed by atoms with E-state index < -0.39 is 0 Å². The van der Waals surface area contributed by atoms with Crippen molar-refractivity contribution < 1.29 is 4.79 Å². The molecule has 1 amide bonds. The maximum absolute atomic E-state index is 11.9. The molecule has 18 heavy (non-hydrogen) atoms. The highest BCUT2D eigenvalue weighted by atomic mass is 35.5. The zero-order valence-corrected chi connectivity index (χ0v) is 10.6. The highest BCUT2D eigenvalue weighted by Crippen LogP contribution is 2.19. The van der Waals surface area contributed by atoms with E-state index in [-0.39, 0.29) is 5.91 Å². The Morgan fingerprint density at radius 3 is 2.94 bits per heavy atom. The fourth-order valence-electron chi connectivity index (χ4n) is 1.50. The van der Waals surface area contributed by atoms with Crippen LogP contribution in [0.3, 0.4) is 0 Å². The van der Waals surface area contributed by atoms with E-state index in [0.29, 0.717) is 22.8 Å². The second-order valence-corrected chi connectivity index (χ2v) is 4.35. The summed E-state index contributed by atoms with van der Waals surface area (Å²) in [5.41, 5.74) is 8.41. The molecule has 4 N–H and O–H groups in total. The third-order valence-corrected chi connectivity index (χ3v) is 2.96. The highest BCUT2D eigenvalue weighted by molar-refractivity contribution is 6.33. The minimum atomic E-state index is -0.197. The van der Waals surface area contributed by atoms with Gasteiger partial charge < -0.3 is 11.1 Å². The van der Waals surface area contributed by atoms with Gasteiger partial charge in [-0.05, 0) is 25.1 Å². The van der Waals surface area contributed by atoms with E-state index in [2.05, 4.69) is 15.5 Å². The number of halogens is 1. The summed E-state index contributed by atoms with van der Waals surface area (Å²) in [6, 6.07) is 4.80. The molecule has 0 radical (unpaired) electrons. The number of aromatic nitrogens is 2. The molecule has 0 fully saturated rings. The first-order chi connectivity index (χ1) is 8.58. The van der Waals surface area contributed by atoms with Crippen LogP contribution in [0.1, 0.15) is 21.6 Å². The van der Waals surface area contributed by atoms with E-state index in [1.165, 1.54) is 0 Å². The summed E-state index contributed by atoms with van der Waals surface area (Å²) in [4.78, 5) is 11.9. The smallest absolute Gasteiger partial charge is 0.251 e. The van der Waals surface area contributed by atoms with Crippen molar-refractivity contribution >= 4 is 23.2 Å². The number of nitrogens with zero attached hydrogens (tertiary/aromatic N) is 1. The average Bonchev–Trinajstić information content (AvgIpc) is 2.75. The van der Waals surface area contributed by atoms with Gasteiger partial charge in [0.25, 0.3) is 5.91 Å². The van der Waals surface area contributed by atoms with Crippen LogP contribution in [0.5, 0.6) is 0 Å². The number of hydrogen-bond donors (Lipinski definition) is 3. The maximum Gasteiger partial charge on any atom is 0.251 e. The fourth-order valence-corrected chi connectivity index (χ4v) is 1.68. The Labute approximate surface area is 109 Å². The van der Waals surface area contributed by atoms with Crippen LogP contribution in [0.25, 0.3) is 0 Å². The third kappa shape index (κ3) is 2.62. The summed E-state index contributed by atoms with van der Waals surface area (Å²) in [5.74, 6) is -0.197. The molecule has 0 saturated heterocycles. The van der Waals surface area contributed by atoms with Gasteiger partial charge in [-0.2, -0.15) is 5.10 Å². The first-order valence-corrected chi connectivity index (χ1v) is 5.78. The molecule has 0 bridgehead atoms. The summed E-state index contributed by atoms with van der Waals surface area (Å²) < 4.78 is 0. The van der Waals surface area contributed by atoms with Crippen molar-refractivity contribution in [1.82, 2.24) is 15.5 Å². The Kier molecular flexibility index (Phi) is 3.53. The molecular formula is C12H13ClN4O. The lowest BCUT2D eigenvalue weighted by Gasteiger charge is -2.06. The van der Waals surface area contributed by atoms with Crippen LogP contribution in [0.15, 0.2) is 24.4 Å². The van der Waals surface area contributed by atoms with E-state index in [4.69, 9.17) is 17.3 Å². The Morgan fingerprint density at radius 2 is 2.33 bits per heavy atom. The summed E-state index contributed by atoms with van der Waals surface area (Å²) >= 11 is 5.86. The maximum atomic E-state index is 11.9. The van der Waals surface area contributed by atoms with Crippen LogP contribution < -0.4 is 11.1 Å². The average molecular weight is 265 g/mol. The predicted octanol–water partition coefficient (Wildman–Crippen LogP) is 1.88. The highest BCUT2D eigenvalue weighted by Gasteiger charge is 2.08. The number of nitrogen functional groups attached to an aromatic ring is 1. The van der Waals surface area contributed by atoms with Crippen LogP contribution in [0, 0.1) is 6.92 Å². The largest absolute Gasteiger partial charge is 0.398 e. The first-order valence-electron chi connectivity index (χ1n) is 5.40. The van der Waals surface area contributed by atoms with Crippen molar-refractivity contribution in [2.24, 2.45) is 0 Å². The third-order valence-electron chi connectivity index (χ3n) is 2.64. The lowest BCUT2D eigenvalue weighted by Crippen LogP contribution is -2.22. The van der Waals surface area contributed by atoms with Gasteiger partial charge in [-0.15, -0.1) is 0 Å². The molecule has 0 aliphatic carbocycles. The molecule has 1 aromatic carbocycles. The normalized spacial score (nSPS) is 10.3. The Bertz CT molecular complexity index is 579. The Balaban J connectivity index is 2.04. The Morgan fingerprint density at radius 1 is 1.56 bits per heavy atom. The number of nitrogens with one attached hydrogen (secondary N) is 2. The summed E-state index contributed by atoms with van der Waals surface area (Å²) in [5, 5.41) is 9.86. The van der Waals surface area contributed by atoms with Gasteiger partial charge in [0, 0.05) is 23.4 Å². The standard InChI is InChI=1S/C12H13ClN4O/c1-7-9(6-16-17-7)5-15-12(18)8-2-3-11(14)10(13)4-8/h2-4,6H,5,14H2,1H3,(H,15,18)(H,16,17). The van der Waals surface area contributed by atoms with Crippen molar-refractivity contribution in [1.29, 1.82) is 0 Å². The molecule has 0 spiro atoms. The quantitative estimate of drug-likeness (QED) is 0.740. The molecule has 0 aliphatic heterocycles. The fraction of sp³-hybridized carbons (Fsp3) is 0.167. The lowest BCUT2D eigenvalue weighted by atomic mass is 10.2. The molecule has 2 aromatic rings. The SMILES string of the molecule is Cc1[nH]ncc1CNC(=O)c1ccc(N)c(Cl)c1. The molecule has 0 unspecified atom stereocenters. The van der Waals surface area contributed by atoms with Gasteiger partial charge >= 0.3 is 0 Å². The number of hydrogen-bond acceptors (Lipinski definition) is 3. The second-order valence-electron chi connectivity index (χ2n) is 3.94. The number of carbonyl (C=O) groups excluding carboxylic acids is 1. The molecule has 1 aromatic heterocycles. The minimum absolute atomic E-state index is 0.197. The van der Waals surface area contributed by atoms with Crippen LogP contribution in [-0.2, 0) is 6.54 Å². The number of amides is 1. The van der Waals surface area contributed by atoms with Gasteiger partial charge in [0.1, 0.15) is 0 Å². The lowest BCUT2D eigenvalue weighted by molar-refractivity contribution is 0.0951. The van der Waals surface area contributed by atoms with Gasteiger partial charge in [-0.1, -0.05) is 11.6 Å². The number of rotatable bonds is 3. The molecule has 6 heteroatoms. The van der Waals surface area contributed by atoms with Crippen LogP contribution >= 0.6 is 11.6 Å². The number of aromatic amines is 1. The first kappa shape index (κ1) is 12.4. The number of aryl methyl sites for hydroxylation is 1. The van der Waals surface area contributed by atoms with E-state index in [0.717, 1.165) is 11.3 Å². The molecule has 1 heterocycles. The predicted molar refractivity (Wildman–Crippen MR) is 70.4 cm³/mol. The van der Waals surface area contributed by atoms with Gasteiger partial charge in [-0.25, -0.2) is 0 Å². The number of benzene rings is 1. The minimum Gasteiger partial charge on any atom is -0.398 e. The van der Waals surface area contributed by atoms with Crippen molar-refractivity contribution in [2.45, 2.75) is 13.5 Å². The van der Waals surface area contributed by atoms with Crippen LogP contribution in [0.4, 0.5) is 5.69 Å². The molecular weight excluding hydrogens is 252 g/mol. The van der Waals surface area contributed by atoms with Crippen LogP contribution in [-0.4, -0.2) is 16.1 Å². The molecule has 0 atom stereocenters. The van der Waals surface area contributed by atoms with Crippen molar-refractivity contribution in [3.63, 3.8) is 0 Å². The number of carbonyl (C=O) groups is 1. The zero-order chi connectivity index (χ0) is 13.1. The van der Waals surface area contributed by atoms with Gasteiger partial charge in [0.2, 0.25) is 0 Å².